The van der Waals surface area contributed by atoms with Crippen LogP contribution in [0.4, 0.5) is 0 Å². The van der Waals surface area contributed by atoms with Gasteiger partial charge in [0.2, 0.25) is 0 Å². The Morgan fingerprint density at radius 1 is 0.690 bits per heavy atom. The number of halogens is 1. The van der Waals surface area contributed by atoms with Gasteiger partial charge in [-0.1, -0.05) is 42.5 Å². The Balaban J connectivity index is 1.57. The molecule has 144 valence electrons. The second-order valence-corrected chi connectivity index (χ2v) is 8.89. The molecule has 0 saturated carbocycles. The zero-order chi connectivity index (χ0) is 20.3. The maximum Gasteiger partial charge on any atom is 0.261 e. The van der Waals surface area contributed by atoms with Crippen LogP contribution in [0.1, 0.15) is 0 Å². The molecule has 0 aliphatic rings. The highest BCUT2D eigenvalue weighted by molar-refractivity contribution is 8.13. The van der Waals surface area contributed by atoms with Gasteiger partial charge in [-0.3, -0.25) is 4.98 Å². The Bertz CT molecular complexity index is 1220. The fourth-order valence-corrected chi connectivity index (χ4v) is 3.75. The van der Waals surface area contributed by atoms with E-state index in [2.05, 4.69) is 4.98 Å². The van der Waals surface area contributed by atoms with Crippen molar-refractivity contribution in [2.24, 2.45) is 0 Å². The van der Waals surface area contributed by atoms with E-state index in [1.165, 1.54) is 12.1 Å². The van der Waals surface area contributed by atoms with E-state index in [4.69, 9.17) is 15.4 Å². The van der Waals surface area contributed by atoms with Crippen molar-refractivity contribution in [1.82, 2.24) is 4.98 Å². The van der Waals surface area contributed by atoms with Crippen LogP contribution in [0.5, 0.6) is 11.5 Å². The molecule has 3 aromatic carbocycles. The Labute approximate surface area is 173 Å². The predicted octanol–water partition coefficient (Wildman–Crippen LogP) is 6.14. The smallest absolute Gasteiger partial charge is 0.261 e. The fourth-order valence-electron chi connectivity index (χ4n) is 2.98. The van der Waals surface area contributed by atoms with Crippen LogP contribution < -0.4 is 4.74 Å². The first-order valence-corrected chi connectivity index (χ1v) is 11.1. The molecule has 0 bridgehead atoms. The highest BCUT2D eigenvalue weighted by Crippen LogP contribution is 2.33. The number of rotatable bonds is 5. The van der Waals surface area contributed by atoms with E-state index < -0.39 is 9.05 Å². The summed E-state index contributed by atoms with van der Waals surface area (Å²) in [6.45, 7) is 0. The van der Waals surface area contributed by atoms with E-state index in [1.807, 2.05) is 60.7 Å². The number of hydrogen-bond acceptors (Lipinski definition) is 4. The topological polar surface area (TPSA) is 56.3 Å². The zero-order valence-electron chi connectivity index (χ0n) is 15.2. The first-order valence-electron chi connectivity index (χ1n) is 8.83. The lowest BCUT2D eigenvalue weighted by molar-refractivity contribution is 0.484. The van der Waals surface area contributed by atoms with Crippen LogP contribution in [0.3, 0.4) is 0 Å². The first-order chi connectivity index (χ1) is 14.0. The van der Waals surface area contributed by atoms with E-state index in [0.29, 0.717) is 5.75 Å². The number of aromatic nitrogens is 1. The molecule has 0 unspecified atom stereocenters. The van der Waals surface area contributed by atoms with Gasteiger partial charge in [-0.25, -0.2) is 8.42 Å². The van der Waals surface area contributed by atoms with Gasteiger partial charge < -0.3 is 4.74 Å². The molecule has 29 heavy (non-hydrogen) atoms. The molecule has 4 aromatic rings. The van der Waals surface area contributed by atoms with E-state index in [-0.39, 0.29) is 4.90 Å². The molecule has 0 fully saturated rings. The molecular weight excluding hydrogens is 406 g/mol. The van der Waals surface area contributed by atoms with Crippen LogP contribution in [0.25, 0.3) is 22.3 Å². The van der Waals surface area contributed by atoms with Crippen LogP contribution in [-0.2, 0) is 9.05 Å². The van der Waals surface area contributed by atoms with Crippen molar-refractivity contribution < 1.29 is 13.2 Å². The van der Waals surface area contributed by atoms with Gasteiger partial charge in [0.1, 0.15) is 11.5 Å². The minimum Gasteiger partial charge on any atom is -0.457 e. The van der Waals surface area contributed by atoms with E-state index in [0.717, 1.165) is 28.0 Å². The predicted molar refractivity (Wildman–Crippen MR) is 115 cm³/mol. The highest BCUT2D eigenvalue weighted by atomic mass is 35.7. The van der Waals surface area contributed by atoms with Crippen LogP contribution in [0, 0.1) is 0 Å². The van der Waals surface area contributed by atoms with Crippen LogP contribution in [-0.4, -0.2) is 13.4 Å². The van der Waals surface area contributed by atoms with Gasteiger partial charge >= 0.3 is 0 Å². The van der Waals surface area contributed by atoms with Crippen molar-refractivity contribution in [1.29, 1.82) is 0 Å². The molecule has 0 spiro atoms. The maximum atomic E-state index is 11.4. The number of ether oxygens (including phenoxy) is 1. The Morgan fingerprint density at radius 2 is 1.28 bits per heavy atom. The number of benzene rings is 3. The standard InChI is InChI=1S/C23H16ClNO3S/c24-29(26,27)21-11-7-18(8-12-21)17-5-9-20(10-6-17)28-23-4-2-1-3-22(23)19-13-15-25-16-14-19/h1-16H. The second kappa shape index (κ2) is 8.07. The second-order valence-electron chi connectivity index (χ2n) is 6.32. The lowest BCUT2D eigenvalue weighted by Crippen LogP contribution is -1.90. The average molecular weight is 422 g/mol. The number of pyridine rings is 1. The van der Waals surface area contributed by atoms with E-state index in [1.54, 1.807) is 24.5 Å². The summed E-state index contributed by atoms with van der Waals surface area (Å²) >= 11 is 0. The summed E-state index contributed by atoms with van der Waals surface area (Å²) in [5, 5.41) is 0. The Kier molecular flexibility index (Phi) is 5.34. The highest BCUT2D eigenvalue weighted by Gasteiger charge is 2.10. The maximum absolute atomic E-state index is 11.4. The van der Waals surface area contributed by atoms with Crippen molar-refractivity contribution in [2.45, 2.75) is 4.90 Å². The van der Waals surface area contributed by atoms with Gasteiger partial charge in [0, 0.05) is 28.6 Å². The molecule has 0 aliphatic carbocycles. The van der Waals surface area contributed by atoms with Crippen molar-refractivity contribution in [3.63, 3.8) is 0 Å². The van der Waals surface area contributed by atoms with E-state index >= 15 is 0 Å². The lowest BCUT2D eigenvalue weighted by atomic mass is 10.1. The number of para-hydroxylation sites is 1. The molecule has 0 saturated heterocycles. The van der Waals surface area contributed by atoms with Gasteiger partial charge in [0.25, 0.3) is 9.05 Å². The molecule has 4 rings (SSSR count). The SMILES string of the molecule is O=S(=O)(Cl)c1ccc(-c2ccc(Oc3ccccc3-c3ccncc3)cc2)cc1. The quantitative estimate of drug-likeness (QED) is 0.363. The molecule has 6 heteroatoms. The van der Waals surface area contributed by atoms with Gasteiger partial charge in [-0.15, -0.1) is 0 Å². The summed E-state index contributed by atoms with van der Waals surface area (Å²) in [5.74, 6) is 1.46. The molecule has 1 aromatic heterocycles. The zero-order valence-corrected chi connectivity index (χ0v) is 16.8. The molecule has 0 atom stereocenters. The molecule has 1 heterocycles. The first kappa shape index (κ1) is 19.2. The van der Waals surface area contributed by atoms with Crippen molar-refractivity contribution in [3.8, 4) is 33.8 Å². The van der Waals surface area contributed by atoms with Crippen LogP contribution in [0.2, 0.25) is 0 Å². The minimum atomic E-state index is -3.72. The van der Waals surface area contributed by atoms with E-state index in [9.17, 15) is 8.42 Å². The molecule has 0 amide bonds. The lowest BCUT2D eigenvalue weighted by Gasteiger charge is -2.12. The van der Waals surface area contributed by atoms with Crippen LogP contribution in [0.15, 0.2) is 102 Å². The largest absolute Gasteiger partial charge is 0.457 e. The minimum absolute atomic E-state index is 0.0792. The molecule has 0 aliphatic heterocycles. The molecule has 0 N–H and O–H groups in total. The van der Waals surface area contributed by atoms with Gasteiger partial charge in [-0.2, -0.15) is 0 Å². The number of hydrogen-bond donors (Lipinski definition) is 0. The monoisotopic (exact) mass is 421 g/mol. The Morgan fingerprint density at radius 3 is 1.90 bits per heavy atom. The Hall–Kier alpha value is -3.15. The van der Waals surface area contributed by atoms with Gasteiger partial charge in [0.15, 0.2) is 0 Å². The molecule has 0 radical (unpaired) electrons. The summed E-state index contributed by atoms with van der Waals surface area (Å²) < 4.78 is 28.9. The summed E-state index contributed by atoms with van der Waals surface area (Å²) in [6, 6.07) is 25.8. The third-order valence-corrected chi connectivity index (χ3v) is 5.80. The van der Waals surface area contributed by atoms with Crippen molar-refractivity contribution >= 4 is 19.7 Å². The van der Waals surface area contributed by atoms with Crippen molar-refractivity contribution in [2.75, 3.05) is 0 Å². The summed E-state index contributed by atoms with van der Waals surface area (Å²) in [5.41, 5.74) is 3.84. The molecular formula is C23H16ClNO3S. The third kappa shape index (κ3) is 4.47. The van der Waals surface area contributed by atoms with Crippen molar-refractivity contribution in [3.05, 3.63) is 97.3 Å². The summed E-state index contributed by atoms with van der Waals surface area (Å²) in [6.07, 6.45) is 3.50. The average Bonchev–Trinajstić information content (AvgIpc) is 2.75. The summed E-state index contributed by atoms with van der Waals surface area (Å²) in [7, 11) is 1.64. The number of nitrogens with zero attached hydrogens (tertiary/aromatic N) is 1. The third-order valence-electron chi connectivity index (χ3n) is 4.43. The molecule has 4 nitrogen and oxygen atoms in total. The van der Waals surface area contributed by atoms with Gasteiger partial charge in [-0.05, 0) is 59.2 Å². The fraction of sp³-hybridized carbons (Fsp3) is 0. The van der Waals surface area contributed by atoms with Crippen LogP contribution >= 0.6 is 10.7 Å². The normalized spacial score (nSPS) is 11.2. The van der Waals surface area contributed by atoms with Gasteiger partial charge in [0.05, 0.1) is 4.90 Å². The summed E-state index contributed by atoms with van der Waals surface area (Å²) in [4.78, 5) is 4.14.